The standard InChI is InChI=1S/C24H26ClNO6S/c25-20-3-1-2-19(16-20)24(28)17-26-13-12-18-4-10-23(11-5-18)33(29,30)32-22-8-6-21(7-9-22)31-15-14-27/h1-11,16,24,26-28H,12-15,17H2. The molecule has 33 heavy (non-hydrogen) atoms. The minimum Gasteiger partial charge on any atom is -0.491 e. The van der Waals surface area contributed by atoms with Gasteiger partial charge in [-0.15, -0.1) is 0 Å². The molecule has 0 aromatic heterocycles. The Balaban J connectivity index is 1.48. The Hall–Kier alpha value is -2.62. The topological polar surface area (TPSA) is 105 Å². The third kappa shape index (κ3) is 7.73. The maximum absolute atomic E-state index is 12.5. The van der Waals surface area contributed by atoms with Crippen molar-refractivity contribution in [2.24, 2.45) is 0 Å². The van der Waals surface area contributed by atoms with Gasteiger partial charge in [0.25, 0.3) is 0 Å². The van der Waals surface area contributed by atoms with Crippen LogP contribution >= 0.6 is 11.6 Å². The molecule has 9 heteroatoms. The number of nitrogens with one attached hydrogen (secondary N) is 1. The summed E-state index contributed by atoms with van der Waals surface area (Å²) in [5.41, 5.74) is 1.70. The molecule has 0 saturated heterocycles. The summed E-state index contributed by atoms with van der Waals surface area (Å²) in [6, 6.07) is 19.7. The van der Waals surface area contributed by atoms with E-state index in [9.17, 15) is 13.5 Å². The number of hydrogen-bond acceptors (Lipinski definition) is 7. The molecule has 0 radical (unpaired) electrons. The monoisotopic (exact) mass is 491 g/mol. The summed E-state index contributed by atoms with van der Waals surface area (Å²) in [7, 11) is -3.97. The van der Waals surface area contributed by atoms with Gasteiger partial charge in [-0.05, 0) is 72.6 Å². The molecule has 1 unspecified atom stereocenters. The van der Waals surface area contributed by atoms with Crippen molar-refractivity contribution >= 4 is 21.7 Å². The van der Waals surface area contributed by atoms with Gasteiger partial charge >= 0.3 is 10.1 Å². The molecule has 0 aliphatic carbocycles. The lowest BCUT2D eigenvalue weighted by atomic mass is 10.1. The average Bonchev–Trinajstić information content (AvgIpc) is 2.81. The van der Waals surface area contributed by atoms with E-state index in [1.165, 1.54) is 24.3 Å². The number of halogens is 1. The van der Waals surface area contributed by atoms with Crippen LogP contribution in [0.15, 0.2) is 77.7 Å². The van der Waals surface area contributed by atoms with Crippen molar-refractivity contribution in [3.63, 3.8) is 0 Å². The van der Waals surface area contributed by atoms with E-state index in [-0.39, 0.29) is 23.9 Å². The van der Waals surface area contributed by atoms with E-state index < -0.39 is 16.2 Å². The molecule has 176 valence electrons. The van der Waals surface area contributed by atoms with Crippen molar-refractivity contribution in [2.75, 3.05) is 26.3 Å². The molecule has 0 aliphatic rings. The number of hydrogen-bond donors (Lipinski definition) is 3. The minimum absolute atomic E-state index is 0.0520. The van der Waals surface area contributed by atoms with Crippen LogP contribution < -0.4 is 14.2 Å². The number of ether oxygens (including phenoxy) is 1. The van der Waals surface area contributed by atoms with Crippen LogP contribution in [-0.4, -0.2) is 44.9 Å². The molecule has 0 spiro atoms. The Morgan fingerprint density at radius 2 is 1.67 bits per heavy atom. The quantitative estimate of drug-likeness (QED) is 0.263. The fourth-order valence-corrected chi connectivity index (χ4v) is 4.18. The van der Waals surface area contributed by atoms with Gasteiger partial charge < -0.3 is 24.4 Å². The van der Waals surface area contributed by atoms with Gasteiger partial charge in [0.1, 0.15) is 23.0 Å². The van der Waals surface area contributed by atoms with Crippen molar-refractivity contribution in [2.45, 2.75) is 17.4 Å². The largest absolute Gasteiger partial charge is 0.491 e. The molecule has 0 saturated carbocycles. The van der Waals surface area contributed by atoms with Crippen LogP contribution in [-0.2, 0) is 16.5 Å². The highest BCUT2D eigenvalue weighted by Crippen LogP contribution is 2.22. The second kappa shape index (κ2) is 12.0. The first-order valence-electron chi connectivity index (χ1n) is 10.4. The van der Waals surface area contributed by atoms with Crippen molar-refractivity contribution in [1.29, 1.82) is 0 Å². The van der Waals surface area contributed by atoms with Crippen LogP contribution in [0.5, 0.6) is 11.5 Å². The summed E-state index contributed by atoms with van der Waals surface area (Å²) in [4.78, 5) is 0.0520. The van der Waals surface area contributed by atoms with E-state index in [1.54, 1.807) is 42.5 Å². The number of aliphatic hydroxyl groups excluding tert-OH is 2. The van der Waals surface area contributed by atoms with Gasteiger partial charge in [-0.2, -0.15) is 8.42 Å². The van der Waals surface area contributed by atoms with E-state index in [4.69, 9.17) is 25.6 Å². The molecule has 0 fully saturated rings. The van der Waals surface area contributed by atoms with Crippen LogP contribution in [0, 0.1) is 0 Å². The van der Waals surface area contributed by atoms with Gasteiger partial charge in [0.05, 0.1) is 12.7 Å². The second-order valence-corrected chi connectivity index (χ2v) is 9.23. The molecular weight excluding hydrogens is 466 g/mol. The first kappa shape index (κ1) is 25.0. The third-order valence-corrected chi connectivity index (χ3v) is 6.26. The molecule has 3 N–H and O–H groups in total. The van der Waals surface area contributed by atoms with E-state index in [2.05, 4.69) is 5.32 Å². The van der Waals surface area contributed by atoms with Crippen LogP contribution in [0.1, 0.15) is 17.2 Å². The number of benzene rings is 3. The summed E-state index contributed by atoms with van der Waals surface area (Å²) in [5.74, 6) is 0.671. The Morgan fingerprint density at radius 1 is 0.970 bits per heavy atom. The second-order valence-electron chi connectivity index (χ2n) is 7.25. The number of rotatable bonds is 12. The predicted octanol–water partition coefficient (Wildman–Crippen LogP) is 3.34. The number of aliphatic hydroxyl groups is 2. The van der Waals surface area contributed by atoms with Gasteiger partial charge in [0.15, 0.2) is 0 Å². The molecule has 7 nitrogen and oxygen atoms in total. The van der Waals surface area contributed by atoms with E-state index in [1.807, 2.05) is 6.07 Å². The summed E-state index contributed by atoms with van der Waals surface area (Å²) in [6.45, 7) is 1.04. The zero-order valence-corrected chi connectivity index (χ0v) is 19.4. The van der Waals surface area contributed by atoms with Crippen LogP contribution in [0.3, 0.4) is 0 Å². The molecule has 1 atom stereocenters. The van der Waals surface area contributed by atoms with Gasteiger partial charge in [-0.25, -0.2) is 0 Å². The molecule has 0 amide bonds. The fraction of sp³-hybridized carbons (Fsp3) is 0.250. The molecule has 0 heterocycles. The minimum atomic E-state index is -3.97. The maximum atomic E-state index is 12.5. The summed E-state index contributed by atoms with van der Waals surface area (Å²) in [5, 5.41) is 22.8. The normalized spacial score (nSPS) is 12.3. The van der Waals surface area contributed by atoms with E-state index >= 15 is 0 Å². The van der Waals surface area contributed by atoms with E-state index in [0.717, 1.165) is 11.1 Å². The highest BCUT2D eigenvalue weighted by Gasteiger charge is 2.16. The Bertz CT molecular complexity index is 1120. The van der Waals surface area contributed by atoms with Gasteiger partial charge in [0.2, 0.25) is 0 Å². The van der Waals surface area contributed by atoms with Crippen molar-refractivity contribution in [3.8, 4) is 11.5 Å². The highest BCUT2D eigenvalue weighted by atomic mass is 35.5. The van der Waals surface area contributed by atoms with Crippen molar-refractivity contribution in [1.82, 2.24) is 5.32 Å². The molecule has 3 rings (SSSR count). The van der Waals surface area contributed by atoms with Crippen LogP contribution in [0.2, 0.25) is 5.02 Å². The average molecular weight is 492 g/mol. The molecule has 0 aliphatic heterocycles. The lowest BCUT2D eigenvalue weighted by Gasteiger charge is -2.13. The predicted molar refractivity (Wildman–Crippen MR) is 126 cm³/mol. The lowest BCUT2D eigenvalue weighted by molar-refractivity contribution is 0.175. The Labute approximate surface area is 198 Å². The lowest BCUT2D eigenvalue weighted by Crippen LogP contribution is -2.23. The van der Waals surface area contributed by atoms with Crippen LogP contribution in [0.25, 0.3) is 0 Å². The Morgan fingerprint density at radius 3 is 2.33 bits per heavy atom. The van der Waals surface area contributed by atoms with Gasteiger partial charge in [0, 0.05) is 11.6 Å². The maximum Gasteiger partial charge on any atom is 0.339 e. The SMILES string of the molecule is O=S(=O)(Oc1ccc(OCCO)cc1)c1ccc(CCNCC(O)c2cccc(Cl)c2)cc1. The van der Waals surface area contributed by atoms with E-state index in [0.29, 0.717) is 30.3 Å². The summed E-state index contributed by atoms with van der Waals surface area (Å²) < 4.78 is 35.5. The summed E-state index contributed by atoms with van der Waals surface area (Å²) >= 11 is 5.95. The zero-order chi connectivity index (χ0) is 23.7. The van der Waals surface area contributed by atoms with Crippen LogP contribution in [0.4, 0.5) is 0 Å². The third-order valence-electron chi connectivity index (χ3n) is 4.76. The van der Waals surface area contributed by atoms with Crippen molar-refractivity contribution < 1.29 is 27.6 Å². The summed E-state index contributed by atoms with van der Waals surface area (Å²) in [6.07, 6.45) is 0.00216. The van der Waals surface area contributed by atoms with Gasteiger partial charge in [-0.3, -0.25) is 0 Å². The molecular formula is C24H26ClNO6S. The highest BCUT2D eigenvalue weighted by molar-refractivity contribution is 7.87. The fourth-order valence-electron chi connectivity index (χ4n) is 3.06. The Kier molecular flexibility index (Phi) is 9.11. The first-order chi connectivity index (χ1) is 15.9. The van der Waals surface area contributed by atoms with Gasteiger partial charge in [-0.1, -0.05) is 35.9 Å². The molecule has 3 aromatic rings. The zero-order valence-electron chi connectivity index (χ0n) is 17.9. The molecule has 3 aromatic carbocycles. The molecule has 0 bridgehead atoms. The smallest absolute Gasteiger partial charge is 0.339 e. The van der Waals surface area contributed by atoms with Crippen molar-refractivity contribution in [3.05, 3.63) is 88.9 Å². The first-order valence-corrected chi connectivity index (χ1v) is 12.2.